The standard InChI is InChI=1S/C19H29N3O3/c1-4-14-25-18-9-6-5-8-17(18)15(2)20-19(24)22-11-7-10-21(12-13-22)16(3)23/h5-6,8-9,15H,4,7,10-14H2,1-3H3,(H,20,24)/t15-/m1/s1. The van der Waals surface area contributed by atoms with Crippen LogP contribution in [0, 0.1) is 0 Å². The van der Waals surface area contributed by atoms with Crippen LogP contribution in [-0.2, 0) is 4.79 Å². The largest absolute Gasteiger partial charge is 0.493 e. The molecule has 1 aliphatic heterocycles. The third kappa shape index (κ3) is 5.37. The molecule has 1 aromatic carbocycles. The molecule has 0 radical (unpaired) electrons. The highest BCUT2D eigenvalue weighted by Gasteiger charge is 2.22. The monoisotopic (exact) mass is 347 g/mol. The maximum Gasteiger partial charge on any atom is 0.317 e. The maximum atomic E-state index is 12.6. The Morgan fingerprint density at radius 3 is 2.56 bits per heavy atom. The lowest BCUT2D eigenvalue weighted by atomic mass is 10.1. The third-order valence-corrected chi connectivity index (χ3v) is 4.42. The van der Waals surface area contributed by atoms with Crippen LogP contribution in [0.5, 0.6) is 5.75 Å². The van der Waals surface area contributed by atoms with Crippen LogP contribution in [0.4, 0.5) is 4.79 Å². The second kappa shape index (κ2) is 9.30. The number of ether oxygens (including phenoxy) is 1. The fraction of sp³-hybridized carbons (Fsp3) is 0.579. The van der Waals surface area contributed by atoms with E-state index >= 15 is 0 Å². The maximum absolute atomic E-state index is 12.6. The molecule has 0 bridgehead atoms. The van der Waals surface area contributed by atoms with Crippen LogP contribution < -0.4 is 10.1 Å². The number of carbonyl (C=O) groups is 2. The molecule has 2 rings (SSSR count). The minimum absolute atomic E-state index is 0.0672. The summed E-state index contributed by atoms with van der Waals surface area (Å²) in [6, 6.07) is 7.57. The Morgan fingerprint density at radius 1 is 1.16 bits per heavy atom. The van der Waals surface area contributed by atoms with Gasteiger partial charge in [-0.1, -0.05) is 25.1 Å². The zero-order valence-electron chi connectivity index (χ0n) is 15.5. The van der Waals surface area contributed by atoms with Gasteiger partial charge in [0, 0.05) is 38.7 Å². The molecular formula is C19H29N3O3. The van der Waals surface area contributed by atoms with Gasteiger partial charge in [-0.15, -0.1) is 0 Å². The van der Waals surface area contributed by atoms with E-state index in [0.29, 0.717) is 32.8 Å². The summed E-state index contributed by atoms with van der Waals surface area (Å²) in [6.45, 7) is 8.79. The first-order valence-corrected chi connectivity index (χ1v) is 9.05. The zero-order valence-corrected chi connectivity index (χ0v) is 15.5. The smallest absolute Gasteiger partial charge is 0.317 e. The fourth-order valence-electron chi connectivity index (χ4n) is 2.97. The summed E-state index contributed by atoms with van der Waals surface area (Å²) in [7, 11) is 0. The van der Waals surface area contributed by atoms with Crippen molar-refractivity contribution in [1.29, 1.82) is 0 Å². The van der Waals surface area contributed by atoms with Crippen LogP contribution >= 0.6 is 0 Å². The number of urea groups is 1. The van der Waals surface area contributed by atoms with E-state index in [1.165, 1.54) is 0 Å². The van der Waals surface area contributed by atoms with E-state index in [-0.39, 0.29) is 18.0 Å². The van der Waals surface area contributed by atoms with Gasteiger partial charge < -0.3 is 19.9 Å². The molecule has 25 heavy (non-hydrogen) atoms. The van der Waals surface area contributed by atoms with E-state index in [9.17, 15) is 9.59 Å². The molecular weight excluding hydrogens is 318 g/mol. The Labute approximate surface area is 150 Å². The molecule has 0 aromatic heterocycles. The third-order valence-electron chi connectivity index (χ3n) is 4.42. The van der Waals surface area contributed by atoms with Gasteiger partial charge in [0.1, 0.15) is 5.75 Å². The van der Waals surface area contributed by atoms with Gasteiger partial charge >= 0.3 is 6.03 Å². The number of benzene rings is 1. The second-order valence-electron chi connectivity index (χ2n) is 6.40. The summed E-state index contributed by atoms with van der Waals surface area (Å²) < 4.78 is 5.79. The Morgan fingerprint density at radius 2 is 1.84 bits per heavy atom. The molecule has 1 atom stereocenters. The van der Waals surface area contributed by atoms with E-state index in [1.807, 2.05) is 31.2 Å². The van der Waals surface area contributed by atoms with Gasteiger partial charge in [-0.05, 0) is 25.8 Å². The number of nitrogens with zero attached hydrogens (tertiary/aromatic N) is 2. The van der Waals surface area contributed by atoms with Gasteiger partial charge in [0.25, 0.3) is 0 Å². The molecule has 1 fully saturated rings. The zero-order chi connectivity index (χ0) is 18.2. The molecule has 1 heterocycles. The molecule has 6 heteroatoms. The highest BCUT2D eigenvalue weighted by Crippen LogP contribution is 2.25. The highest BCUT2D eigenvalue weighted by atomic mass is 16.5. The van der Waals surface area contributed by atoms with Crippen molar-refractivity contribution < 1.29 is 14.3 Å². The van der Waals surface area contributed by atoms with E-state index in [4.69, 9.17) is 4.74 Å². The predicted molar refractivity (Wildman–Crippen MR) is 97.6 cm³/mol. The molecule has 1 saturated heterocycles. The van der Waals surface area contributed by atoms with Crippen molar-refractivity contribution in [2.45, 2.75) is 39.7 Å². The molecule has 138 valence electrons. The van der Waals surface area contributed by atoms with Crippen molar-refractivity contribution >= 4 is 11.9 Å². The molecule has 1 aliphatic rings. The van der Waals surface area contributed by atoms with Gasteiger partial charge in [-0.25, -0.2) is 4.79 Å². The summed E-state index contributed by atoms with van der Waals surface area (Å²) in [5, 5.41) is 3.06. The van der Waals surface area contributed by atoms with E-state index in [2.05, 4.69) is 12.2 Å². The summed E-state index contributed by atoms with van der Waals surface area (Å²) in [6.07, 6.45) is 1.74. The van der Waals surface area contributed by atoms with Crippen molar-refractivity contribution in [3.8, 4) is 5.75 Å². The van der Waals surface area contributed by atoms with Crippen LogP contribution in [0.1, 0.15) is 45.2 Å². The topological polar surface area (TPSA) is 61.9 Å². The first-order chi connectivity index (χ1) is 12.0. The highest BCUT2D eigenvalue weighted by molar-refractivity contribution is 5.76. The molecule has 6 nitrogen and oxygen atoms in total. The SMILES string of the molecule is CCCOc1ccccc1[C@@H](C)NC(=O)N1CCCN(C(C)=O)CC1. The minimum atomic E-state index is -0.146. The molecule has 0 unspecified atom stereocenters. The average Bonchev–Trinajstić information content (AvgIpc) is 2.86. The van der Waals surface area contributed by atoms with Crippen LogP contribution in [0.3, 0.4) is 0 Å². The van der Waals surface area contributed by atoms with Crippen molar-refractivity contribution in [1.82, 2.24) is 15.1 Å². The Balaban J connectivity index is 1.97. The number of rotatable bonds is 5. The Kier molecular flexibility index (Phi) is 7.10. The normalized spacial score (nSPS) is 16.1. The Bertz CT molecular complexity index is 591. The predicted octanol–water partition coefficient (Wildman–Crippen LogP) is 2.80. The summed E-state index contributed by atoms with van der Waals surface area (Å²) >= 11 is 0. The van der Waals surface area contributed by atoms with Gasteiger partial charge in [0.05, 0.1) is 12.6 Å². The number of para-hydroxylation sites is 1. The number of amides is 3. The van der Waals surface area contributed by atoms with Gasteiger partial charge in [-0.2, -0.15) is 0 Å². The minimum Gasteiger partial charge on any atom is -0.493 e. The first-order valence-electron chi connectivity index (χ1n) is 9.05. The average molecular weight is 347 g/mol. The number of hydrogen-bond acceptors (Lipinski definition) is 3. The van der Waals surface area contributed by atoms with Crippen molar-refractivity contribution in [3.63, 3.8) is 0 Å². The lowest BCUT2D eigenvalue weighted by Gasteiger charge is -2.25. The summed E-state index contributed by atoms with van der Waals surface area (Å²) in [5.74, 6) is 0.883. The summed E-state index contributed by atoms with van der Waals surface area (Å²) in [5.41, 5.74) is 0.976. The van der Waals surface area contributed by atoms with Crippen LogP contribution in [-0.4, -0.2) is 54.5 Å². The van der Waals surface area contributed by atoms with E-state index in [0.717, 1.165) is 24.2 Å². The Hall–Kier alpha value is -2.24. The molecule has 3 amide bonds. The van der Waals surface area contributed by atoms with E-state index < -0.39 is 0 Å². The van der Waals surface area contributed by atoms with Crippen molar-refractivity contribution in [2.24, 2.45) is 0 Å². The van der Waals surface area contributed by atoms with Gasteiger partial charge in [0.15, 0.2) is 0 Å². The van der Waals surface area contributed by atoms with Gasteiger partial charge in [0.2, 0.25) is 5.91 Å². The van der Waals surface area contributed by atoms with Crippen molar-refractivity contribution in [2.75, 3.05) is 32.8 Å². The van der Waals surface area contributed by atoms with Crippen LogP contribution in [0.25, 0.3) is 0 Å². The van der Waals surface area contributed by atoms with Gasteiger partial charge in [-0.3, -0.25) is 4.79 Å². The fourth-order valence-corrected chi connectivity index (χ4v) is 2.97. The number of nitrogens with one attached hydrogen (secondary N) is 1. The molecule has 1 N–H and O–H groups in total. The number of carbonyl (C=O) groups excluding carboxylic acids is 2. The van der Waals surface area contributed by atoms with Crippen LogP contribution in [0.15, 0.2) is 24.3 Å². The first kappa shape index (κ1) is 19.1. The molecule has 0 spiro atoms. The lowest BCUT2D eigenvalue weighted by Crippen LogP contribution is -2.43. The quantitative estimate of drug-likeness (QED) is 0.891. The molecule has 1 aromatic rings. The summed E-state index contributed by atoms with van der Waals surface area (Å²) in [4.78, 5) is 27.7. The van der Waals surface area contributed by atoms with Crippen molar-refractivity contribution in [3.05, 3.63) is 29.8 Å². The molecule has 0 saturated carbocycles. The van der Waals surface area contributed by atoms with Crippen LogP contribution in [0.2, 0.25) is 0 Å². The van der Waals surface area contributed by atoms with E-state index in [1.54, 1.807) is 16.7 Å². The second-order valence-corrected chi connectivity index (χ2v) is 6.40. The molecule has 0 aliphatic carbocycles. The number of hydrogen-bond donors (Lipinski definition) is 1. The lowest BCUT2D eigenvalue weighted by molar-refractivity contribution is -0.128.